The van der Waals surface area contributed by atoms with Crippen LogP contribution in [0.3, 0.4) is 0 Å². The molecule has 0 bridgehead atoms. The van der Waals surface area contributed by atoms with Crippen molar-refractivity contribution < 1.29 is 4.74 Å². The summed E-state index contributed by atoms with van der Waals surface area (Å²) in [6, 6.07) is 7.95. The molecule has 0 spiro atoms. The zero-order chi connectivity index (χ0) is 18.4. The average Bonchev–Trinajstić information content (AvgIpc) is 3.17. The maximum absolute atomic E-state index is 5.25. The molecule has 2 aromatic heterocycles. The second-order valence-corrected chi connectivity index (χ2v) is 6.03. The first-order valence-electron chi connectivity index (χ1n) is 9.06. The normalized spacial score (nSPS) is 11.2. The van der Waals surface area contributed by atoms with Crippen LogP contribution in [0.5, 0.6) is 5.75 Å². The van der Waals surface area contributed by atoms with Crippen molar-refractivity contribution in [3.05, 3.63) is 36.8 Å². The highest BCUT2D eigenvalue weighted by atomic mass is 16.5. The molecule has 7 heteroatoms. The predicted octanol–water partition coefficient (Wildman–Crippen LogP) is 2.94. The van der Waals surface area contributed by atoms with Crippen LogP contribution in [0.1, 0.15) is 20.3 Å². The minimum absolute atomic E-state index is 0.591. The van der Waals surface area contributed by atoms with Crippen molar-refractivity contribution in [1.82, 2.24) is 24.5 Å². The van der Waals surface area contributed by atoms with Crippen molar-refractivity contribution in [2.45, 2.75) is 20.3 Å². The molecule has 0 saturated carbocycles. The van der Waals surface area contributed by atoms with Gasteiger partial charge in [-0.25, -0.2) is 4.98 Å². The number of aromatic nitrogens is 4. The summed E-state index contributed by atoms with van der Waals surface area (Å²) in [6.45, 7) is 8.48. The molecule has 2 heterocycles. The fraction of sp³-hybridized carbons (Fsp3) is 0.421. The van der Waals surface area contributed by atoms with Crippen LogP contribution < -0.4 is 10.1 Å². The number of rotatable bonds is 9. The molecule has 138 valence electrons. The fourth-order valence-corrected chi connectivity index (χ4v) is 2.98. The molecule has 26 heavy (non-hydrogen) atoms. The van der Waals surface area contributed by atoms with E-state index in [1.165, 1.54) is 6.33 Å². The summed E-state index contributed by atoms with van der Waals surface area (Å²) in [7, 11) is 1.67. The van der Waals surface area contributed by atoms with E-state index in [9.17, 15) is 0 Å². The largest absolute Gasteiger partial charge is 0.497 e. The highest BCUT2D eigenvalue weighted by Gasteiger charge is 2.12. The van der Waals surface area contributed by atoms with Gasteiger partial charge >= 0.3 is 0 Å². The molecule has 1 aromatic carbocycles. The summed E-state index contributed by atoms with van der Waals surface area (Å²) in [5.74, 6) is 2.34. The molecule has 7 nitrogen and oxygen atoms in total. The number of hydrogen-bond donors (Lipinski definition) is 1. The first kappa shape index (κ1) is 18.1. The van der Waals surface area contributed by atoms with Crippen LogP contribution in [0.15, 0.2) is 36.8 Å². The lowest BCUT2D eigenvalue weighted by atomic mass is 10.1. The van der Waals surface area contributed by atoms with Crippen molar-refractivity contribution >= 4 is 11.6 Å². The van der Waals surface area contributed by atoms with E-state index in [-0.39, 0.29) is 0 Å². The van der Waals surface area contributed by atoms with Gasteiger partial charge in [-0.15, -0.1) is 0 Å². The second-order valence-electron chi connectivity index (χ2n) is 6.03. The average molecular weight is 354 g/mol. The highest BCUT2D eigenvalue weighted by molar-refractivity contribution is 5.76. The number of fused-ring (bicyclic) bond motifs is 1. The van der Waals surface area contributed by atoms with Gasteiger partial charge in [0.2, 0.25) is 0 Å². The van der Waals surface area contributed by atoms with Crippen molar-refractivity contribution in [3.63, 3.8) is 0 Å². The Kier molecular flexibility index (Phi) is 6.01. The molecule has 3 aromatic rings. The van der Waals surface area contributed by atoms with Gasteiger partial charge in [0.05, 0.1) is 7.11 Å². The summed E-state index contributed by atoms with van der Waals surface area (Å²) in [5.41, 5.74) is 2.05. The van der Waals surface area contributed by atoms with E-state index in [0.717, 1.165) is 55.3 Å². The van der Waals surface area contributed by atoms with Gasteiger partial charge in [-0.2, -0.15) is 14.6 Å². The van der Waals surface area contributed by atoms with E-state index < -0.39 is 0 Å². The Morgan fingerprint density at radius 3 is 2.58 bits per heavy atom. The van der Waals surface area contributed by atoms with E-state index >= 15 is 0 Å². The molecule has 0 aliphatic carbocycles. The van der Waals surface area contributed by atoms with Crippen LogP contribution in [0.25, 0.3) is 16.9 Å². The van der Waals surface area contributed by atoms with E-state index in [2.05, 4.69) is 39.1 Å². The lowest BCUT2D eigenvalue weighted by Gasteiger charge is -2.18. The number of ether oxygens (including phenoxy) is 1. The Bertz CT molecular complexity index is 826. The van der Waals surface area contributed by atoms with Gasteiger partial charge in [0.25, 0.3) is 5.78 Å². The number of benzene rings is 1. The van der Waals surface area contributed by atoms with Crippen LogP contribution in [-0.4, -0.2) is 57.8 Å². The van der Waals surface area contributed by atoms with E-state index in [4.69, 9.17) is 4.74 Å². The molecule has 0 saturated heterocycles. The standard InChI is InChI=1S/C19H26N6O/c1-4-24(5-2)12-6-11-20-18-17(13-21-19-22-14-23-25(18)19)15-7-9-16(26-3)10-8-15/h7-10,13-14,20H,4-6,11-12H2,1-3H3. The Morgan fingerprint density at radius 1 is 1.12 bits per heavy atom. The number of hydrogen-bond acceptors (Lipinski definition) is 6. The molecular formula is C19H26N6O. The summed E-state index contributed by atoms with van der Waals surface area (Å²) >= 11 is 0. The molecule has 1 N–H and O–H groups in total. The van der Waals surface area contributed by atoms with Crippen molar-refractivity contribution in [2.75, 3.05) is 38.6 Å². The zero-order valence-corrected chi connectivity index (χ0v) is 15.6. The summed E-state index contributed by atoms with van der Waals surface area (Å²) in [5, 5.41) is 7.87. The van der Waals surface area contributed by atoms with Gasteiger partial charge in [0, 0.05) is 18.3 Å². The lowest BCUT2D eigenvalue weighted by molar-refractivity contribution is 0.303. The van der Waals surface area contributed by atoms with E-state index in [0.29, 0.717) is 5.78 Å². The first-order chi connectivity index (χ1) is 12.8. The first-order valence-corrected chi connectivity index (χ1v) is 9.06. The van der Waals surface area contributed by atoms with Crippen molar-refractivity contribution in [1.29, 1.82) is 0 Å². The fourth-order valence-electron chi connectivity index (χ4n) is 2.98. The molecule has 3 rings (SSSR count). The highest BCUT2D eigenvalue weighted by Crippen LogP contribution is 2.28. The number of anilines is 1. The summed E-state index contributed by atoms with van der Waals surface area (Å²) in [4.78, 5) is 11.0. The summed E-state index contributed by atoms with van der Waals surface area (Å²) < 4.78 is 7.01. The Hall–Kier alpha value is -2.67. The minimum Gasteiger partial charge on any atom is -0.497 e. The predicted molar refractivity (Wildman–Crippen MR) is 104 cm³/mol. The Morgan fingerprint density at radius 2 is 1.88 bits per heavy atom. The molecule has 0 amide bonds. The van der Waals surface area contributed by atoms with Crippen LogP contribution in [0, 0.1) is 0 Å². The zero-order valence-electron chi connectivity index (χ0n) is 15.6. The van der Waals surface area contributed by atoms with Gasteiger partial charge in [0.1, 0.15) is 17.9 Å². The van der Waals surface area contributed by atoms with Crippen LogP contribution in [0.2, 0.25) is 0 Å². The van der Waals surface area contributed by atoms with Crippen molar-refractivity contribution in [3.8, 4) is 16.9 Å². The second kappa shape index (κ2) is 8.62. The monoisotopic (exact) mass is 354 g/mol. The molecule has 0 unspecified atom stereocenters. The smallest absolute Gasteiger partial charge is 0.254 e. The topological polar surface area (TPSA) is 67.6 Å². The quantitative estimate of drug-likeness (QED) is 0.596. The van der Waals surface area contributed by atoms with Crippen LogP contribution >= 0.6 is 0 Å². The maximum Gasteiger partial charge on any atom is 0.254 e. The number of nitrogens with one attached hydrogen (secondary N) is 1. The molecule has 0 aliphatic heterocycles. The van der Waals surface area contributed by atoms with Gasteiger partial charge in [-0.1, -0.05) is 26.0 Å². The lowest BCUT2D eigenvalue weighted by Crippen LogP contribution is -2.25. The van der Waals surface area contributed by atoms with Crippen LogP contribution in [-0.2, 0) is 0 Å². The van der Waals surface area contributed by atoms with Gasteiger partial charge in [-0.3, -0.25) is 0 Å². The third-order valence-electron chi connectivity index (χ3n) is 4.54. The van der Waals surface area contributed by atoms with E-state index in [1.54, 1.807) is 11.6 Å². The van der Waals surface area contributed by atoms with E-state index in [1.807, 2.05) is 30.5 Å². The van der Waals surface area contributed by atoms with Gasteiger partial charge in [0.15, 0.2) is 0 Å². The number of methoxy groups -OCH3 is 1. The number of nitrogens with zero attached hydrogens (tertiary/aromatic N) is 5. The third-order valence-corrected chi connectivity index (χ3v) is 4.54. The Balaban J connectivity index is 1.83. The molecule has 0 radical (unpaired) electrons. The van der Waals surface area contributed by atoms with Gasteiger partial charge in [-0.05, 0) is 43.8 Å². The summed E-state index contributed by atoms with van der Waals surface area (Å²) in [6.07, 6.45) is 4.43. The molecule has 0 atom stereocenters. The SMILES string of the molecule is CCN(CC)CCCNc1c(-c2ccc(OC)cc2)cnc2ncnn12. The third kappa shape index (κ3) is 3.94. The molecule has 0 aliphatic rings. The maximum atomic E-state index is 5.25. The minimum atomic E-state index is 0.591. The molecular weight excluding hydrogens is 328 g/mol. The van der Waals surface area contributed by atoms with Crippen molar-refractivity contribution in [2.24, 2.45) is 0 Å². The van der Waals surface area contributed by atoms with Crippen LogP contribution in [0.4, 0.5) is 5.82 Å². The Labute approximate surface area is 154 Å². The van der Waals surface area contributed by atoms with Gasteiger partial charge < -0.3 is 15.0 Å². The molecule has 0 fully saturated rings.